The third-order valence-corrected chi connectivity index (χ3v) is 11.9. The van der Waals surface area contributed by atoms with E-state index >= 15 is 0 Å². The highest BCUT2D eigenvalue weighted by molar-refractivity contribution is 6.03. The average Bonchev–Trinajstić information content (AvgIpc) is 4.10. The lowest BCUT2D eigenvalue weighted by Gasteiger charge is -2.16. The second-order valence-electron chi connectivity index (χ2n) is 18.4. The molecular formula is C54H73N15O3+2. The zero-order valence-corrected chi connectivity index (χ0v) is 43.1. The first-order valence-electron chi connectivity index (χ1n) is 24.2. The first-order valence-corrected chi connectivity index (χ1v) is 24.2. The fourth-order valence-electron chi connectivity index (χ4n) is 8.02. The summed E-state index contributed by atoms with van der Waals surface area (Å²) in [5.41, 5.74) is 12.3. The molecule has 3 aromatic heterocycles. The van der Waals surface area contributed by atoms with Gasteiger partial charge in [-0.05, 0) is 98.1 Å². The van der Waals surface area contributed by atoms with E-state index in [9.17, 15) is 14.4 Å². The third kappa shape index (κ3) is 16.1. The molecule has 3 heterocycles. The number of aromatic amines is 3. The Morgan fingerprint density at radius 1 is 0.611 bits per heavy atom. The molecule has 18 heteroatoms. The van der Waals surface area contributed by atoms with Crippen LogP contribution in [0.3, 0.4) is 0 Å². The molecule has 3 amide bonds. The molecule has 0 atom stereocenters. The van der Waals surface area contributed by atoms with Crippen LogP contribution in [-0.2, 0) is 40.6 Å². The number of carbonyl (C=O) groups is 3. The Morgan fingerprint density at radius 2 is 1.07 bits per heavy atom. The highest BCUT2D eigenvalue weighted by Crippen LogP contribution is 2.27. The molecule has 72 heavy (non-hydrogen) atoms. The van der Waals surface area contributed by atoms with E-state index in [0.717, 1.165) is 102 Å². The van der Waals surface area contributed by atoms with Crippen LogP contribution in [0.4, 0.5) is 17.1 Å². The fraction of sp³-hybridized carbons (Fsp3) is 0.333. The van der Waals surface area contributed by atoms with E-state index in [1.165, 1.54) is 6.08 Å². The van der Waals surface area contributed by atoms with Gasteiger partial charge in [0.1, 0.15) is 11.4 Å². The second kappa shape index (κ2) is 26.8. The number of rotatable bonds is 27. The lowest BCUT2D eigenvalue weighted by Crippen LogP contribution is -2.36. The number of allylic oxidation sites excluding steroid dienone is 1. The maximum Gasteiger partial charge on any atom is 0.254 e. The van der Waals surface area contributed by atoms with Crippen LogP contribution in [0.2, 0.25) is 0 Å². The van der Waals surface area contributed by atoms with E-state index in [4.69, 9.17) is 0 Å². The van der Waals surface area contributed by atoms with Crippen molar-refractivity contribution in [1.82, 2.24) is 51.0 Å². The number of aromatic nitrogens is 6. The highest BCUT2D eigenvalue weighted by Gasteiger charge is 2.21. The van der Waals surface area contributed by atoms with Gasteiger partial charge in [-0.25, -0.2) is 0 Å². The topological polar surface area (TPSA) is 201 Å². The summed E-state index contributed by atoms with van der Waals surface area (Å²) >= 11 is 0. The normalized spacial score (nSPS) is 11.8. The minimum absolute atomic E-state index is 0.209. The number of amides is 3. The molecule has 380 valence electrons. The van der Waals surface area contributed by atoms with E-state index in [2.05, 4.69) is 101 Å². The monoisotopic (exact) mass is 980 g/mol. The Kier molecular flexibility index (Phi) is 20.1. The number of carbonyl (C=O) groups excluding carboxylic acids is 3. The van der Waals surface area contributed by atoms with E-state index < -0.39 is 0 Å². The number of likely N-dealkylation sites (N-methyl/N-ethyl adjacent to an activating group) is 6. The lowest BCUT2D eigenvalue weighted by molar-refractivity contribution is -0.742. The number of nitrogens with one attached hydrogen (secondary N) is 9. The predicted molar refractivity (Wildman–Crippen MR) is 287 cm³/mol. The van der Waals surface area contributed by atoms with Gasteiger partial charge >= 0.3 is 0 Å². The van der Waals surface area contributed by atoms with Crippen LogP contribution in [0.1, 0.15) is 30.5 Å². The van der Waals surface area contributed by atoms with Gasteiger partial charge < -0.3 is 46.6 Å². The van der Waals surface area contributed by atoms with E-state index in [-0.39, 0.29) is 17.7 Å². The molecule has 0 spiro atoms. The number of hydrogen-bond acceptors (Lipinski definition) is 10. The van der Waals surface area contributed by atoms with Crippen molar-refractivity contribution in [3.63, 3.8) is 0 Å². The van der Waals surface area contributed by atoms with Gasteiger partial charge in [0.15, 0.2) is 6.54 Å². The molecule has 0 saturated carbocycles. The first-order chi connectivity index (χ1) is 34.7. The number of hydrogen-bond donors (Lipinski definition) is 9. The quantitative estimate of drug-likeness (QED) is 0.0255. The first kappa shape index (κ1) is 54.0. The third-order valence-electron chi connectivity index (χ3n) is 11.9. The second-order valence-corrected chi connectivity index (χ2v) is 18.4. The SMILES string of the molecule is C=C(C)C(=O)Nc1ccc(-c2[nH][n+](C=CC(=O)Nc3ccc(-c4[nH][n+](CC(C)=CC(=O)Nc5ccc(-c6[nH]ncc6CN(C)CCNC)cc5)cc4CN(C)CCNC)cc3)cc2CN(C)CCNC)cc1. The summed E-state index contributed by atoms with van der Waals surface area (Å²) in [6.07, 6.45) is 10.8. The molecule has 0 unspecified atom stereocenters. The van der Waals surface area contributed by atoms with Gasteiger partial charge in [0.25, 0.3) is 11.8 Å². The van der Waals surface area contributed by atoms with Crippen molar-refractivity contribution < 1.29 is 23.7 Å². The van der Waals surface area contributed by atoms with Crippen molar-refractivity contribution in [2.75, 3.05) is 97.5 Å². The number of benzene rings is 3. The van der Waals surface area contributed by atoms with Crippen LogP contribution in [0, 0.1) is 0 Å². The van der Waals surface area contributed by atoms with Gasteiger partial charge in [-0.3, -0.25) is 19.5 Å². The van der Waals surface area contributed by atoms with Crippen molar-refractivity contribution in [3.8, 4) is 33.8 Å². The zero-order valence-electron chi connectivity index (χ0n) is 43.1. The summed E-state index contributed by atoms with van der Waals surface area (Å²) < 4.78 is 3.78. The van der Waals surface area contributed by atoms with Crippen molar-refractivity contribution in [1.29, 1.82) is 0 Å². The minimum atomic E-state index is -0.285. The summed E-state index contributed by atoms with van der Waals surface area (Å²) in [7, 11) is 12.1. The average molecular weight is 980 g/mol. The summed E-state index contributed by atoms with van der Waals surface area (Å²) in [6, 6.07) is 23.2. The molecule has 18 nitrogen and oxygen atoms in total. The maximum atomic E-state index is 13.3. The van der Waals surface area contributed by atoms with Gasteiger partial charge in [-0.15, -0.1) is 4.68 Å². The Hall–Kier alpha value is -7.32. The zero-order chi connectivity index (χ0) is 51.6. The molecule has 9 N–H and O–H groups in total. The molecule has 0 saturated heterocycles. The van der Waals surface area contributed by atoms with Crippen molar-refractivity contribution in [2.24, 2.45) is 0 Å². The molecule has 0 radical (unpaired) electrons. The molecule has 3 aromatic carbocycles. The van der Waals surface area contributed by atoms with Crippen LogP contribution in [-0.4, -0.2) is 134 Å². The molecule has 0 aliphatic carbocycles. The summed E-state index contributed by atoms with van der Waals surface area (Å²) in [5, 5.41) is 32.9. The molecule has 6 rings (SSSR count). The predicted octanol–water partition coefficient (Wildman–Crippen LogP) is 4.80. The largest absolute Gasteiger partial charge is 0.323 e. The standard InChI is InChI=1S/C54H71N15O3/c1-38(2)54(72)61-48-20-14-41(15-21-48)52-44(34-66(8)28-24-56-5)36-68(63-52)26-22-49(70)59-46-18-12-42(13-19-46)53-45(35-67(9)29-25-57-6)37-69(64-53)32-39(3)30-50(71)60-47-16-10-40(11-17-47)51-43(31-58-62-51)33-65(7)27-23-55-4/h10-22,26,30-31,36-37,55-57H,1,23-25,27-29,32-35H2,2-9H3,(H4,58,59,60,61,62,63,64,70,71,72)/p+2. The van der Waals surface area contributed by atoms with Gasteiger partial charge in [-0.1, -0.05) is 47.7 Å². The Balaban J connectivity index is 1.11. The maximum absolute atomic E-state index is 13.3. The van der Waals surface area contributed by atoms with Gasteiger partial charge in [0, 0.05) is 110 Å². The Bertz CT molecular complexity index is 2790. The highest BCUT2D eigenvalue weighted by atomic mass is 16.2. The van der Waals surface area contributed by atoms with Gasteiger partial charge in [-0.2, -0.15) is 15.3 Å². The Labute approximate surface area is 423 Å². The fourth-order valence-corrected chi connectivity index (χ4v) is 8.02. The van der Waals surface area contributed by atoms with Crippen molar-refractivity contribution in [3.05, 3.63) is 138 Å². The van der Waals surface area contributed by atoms with E-state index in [1.807, 2.05) is 118 Å². The Morgan fingerprint density at radius 3 is 1.58 bits per heavy atom. The summed E-state index contributed by atoms with van der Waals surface area (Å²) in [5.74, 6) is -0.722. The lowest BCUT2D eigenvalue weighted by atomic mass is 10.1. The number of H-pyrrole nitrogens is 3. The van der Waals surface area contributed by atoms with Gasteiger partial charge in [0.05, 0.1) is 29.1 Å². The van der Waals surface area contributed by atoms with E-state index in [0.29, 0.717) is 42.3 Å². The molecular weight excluding hydrogens is 907 g/mol. The molecule has 0 aliphatic rings. The van der Waals surface area contributed by atoms with Crippen LogP contribution in [0.15, 0.2) is 121 Å². The van der Waals surface area contributed by atoms with Crippen LogP contribution in [0.25, 0.3) is 40.0 Å². The molecule has 0 bridgehead atoms. The molecule has 6 aromatic rings. The smallest absolute Gasteiger partial charge is 0.254 e. The van der Waals surface area contributed by atoms with Gasteiger partial charge in [0.2, 0.25) is 24.5 Å². The number of anilines is 3. The summed E-state index contributed by atoms with van der Waals surface area (Å²) in [4.78, 5) is 45.4. The van der Waals surface area contributed by atoms with Crippen molar-refractivity contribution >= 4 is 41.0 Å². The minimum Gasteiger partial charge on any atom is -0.323 e. The van der Waals surface area contributed by atoms with Crippen molar-refractivity contribution in [2.45, 2.75) is 40.0 Å². The van der Waals surface area contributed by atoms with Crippen LogP contribution >= 0.6 is 0 Å². The molecule has 0 aliphatic heterocycles. The number of nitrogens with zero attached hydrogens (tertiary/aromatic N) is 6. The van der Waals surface area contributed by atoms with E-state index in [1.54, 1.807) is 23.9 Å². The molecule has 0 fully saturated rings. The summed E-state index contributed by atoms with van der Waals surface area (Å²) in [6.45, 7) is 15.2. The van der Waals surface area contributed by atoms with Crippen LogP contribution < -0.4 is 41.3 Å². The van der Waals surface area contributed by atoms with Crippen LogP contribution in [0.5, 0.6) is 0 Å².